The van der Waals surface area contributed by atoms with E-state index < -0.39 is 5.91 Å². The fourth-order valence-electron chi connectivity index (χ4n) is 1.42. The Labute approximate surface area is 118 Å². The number of carbonyl (C=O) groups excluding carboxylic acids is 1. The van der Waals surface area contributed by atoms with Gasteiger partial charge in [-0.15, -0.1) is 0 Å². The molecule has 0 radical (unpaired) electrons. The van der Waals surface area contributed by atoms with Crippen LogP contribution in [0, 0.1) is 0 Å². The molecule has 1 aromatic heterocycles. The molecule has 2 rings (SSSR count). The highest BCUT2D eigenvalue weighted by Gasteiger charge is 2.07. The summed E-state index contributed by atoms with van der Waals surface area (Å²) >= 11 is 3.37. The van der Waals surface area contributed by atoms with E-state index in [0.717, 1.165) is 4.47 Å². The molecule has 0 unspecified atom stereocenters. The Balaban J connectivity index is 2.26. The van der Waals surface area contributed by atoms with Crippen molar-refractivity contribution in [2.24, 2.45) is 5.73 Å². The van der Waals surface area contributed by atoms with Crippen molar-refractivity contribution >= 4 is 21.8 Å². The molecule has 0 saturated heterocycles. The van der Waals surface area contributed by atoms with Gasteiger partial charge in [0.15, 0.2) is 0 Å². The van der Waals surface area contributed by atoms with Crippen molar-refractivity contribution in [1.82, 2.24) is 4.98 Å². The Bertz CT molecular complexity index is 617. The van der Waals surface area contributed by atoms with Crippen molar-refractivity contribution in [1.29, 1.82) is 0 Å². The largest absolute Gasteiger partial charge is 0.497 e. The second-order valence-corrected chi connectivity index (χ2v) is 4.50. The smallest absolute Gasteiger partial charge is 0.248 e. The maximum Gasteiger partial charge on any atom is 0.248 e. The maximum absolute atomic E-state index is 11.1. The molecule has 1 aromatic carbocycles. The molecule has 2 aromatic rings. The first-order valence-electron chi connectivity index (χ1n) is 5.37. The van der Waals surface area contributed by atoms with Crippen LogP contribution >= 0.6 is 15.9 Å². The highest BCUT2D eigenvalue weighted by atomic mass is 79.9. The summed E-state index contributed by atoms with van der Waals surface area (Å²) in [5, 5.41) is 0. The van der Waals surface area contributed by atoms with E-state index >= 15 is 0 Å². The van der Waals surface area contributed by atoms with Crippen LogP contribution < -0.4 is 15.2 Å². The number of amides is 1. The topological polar surface area (TPSA) is 74.4 Å². The van der Waals surface area contributed by atoms with Gasteiger partial charge >= 0.3 is 0 Å². The first kappa shape index (κ1) is 13.4. The molecule has 5 nitrogen and oxygen atoms in total. The lowest BCUT2D eigenvalue weighted by molar-refractivity contribution is 0.1000. The van der Waals surface area contributed by atoms with Crippen LogP contribution in [-0.4, -0.2) is 18.0 Å². The minimum Gasteiger partial charge on any atom is -0.497 e. The summed E-state index contributed by atoms with van der Waals surface area (Å²) in [6.07, 6.45) is 1.47. The molecule has 0 aliphatic heterocycles. The lowest BCUT2D eigenvalue weighted by Crippen LogP contribution is -2.10. The summed E-state index contributed by atoms with van der Waals surface area (Å²) in [7, 11) is 1.58. The Hall–Kier alpha value is -2.08. The number of nitrogens with two attached hydrogens (primary N) is 1. The van der Waals surface area contributed by atoms with E-state index in [0.29, 0.717) is 22.9 Å². The van der Waals surface area contributed by atoms with Crippen LogP contribution in [0.5, 0.6) is 17.4 Å². The van der Waals surface area contributed by atoms with Crippen LogP contribution in [0.2, 0.25) is 0 Å². The Morgan fingerprint density at radius 3 is 2.74 bits per heavy atom. The van der Waals surface area contributed by atoms with E-state index in [1.54, 1.807) is 25.3 Å². The molecule has 0 bridgehead atoms. The average Bonchev–Trinajstić information content (AvgIpc) is 2.41. The molecule has 0 aliphatic rings. The third-order valence-corrected chi connectivity index (χ3v) is 2.99. The number of halogens is 1. The summed E-state index contributed by atoms with van der Waals surface area (Å²) in [4.78, 5) is 15.1. The van der Waals surface area contributed by atoms with Crippen molar-refractivity contribution in [3.8, 4) is 17.4 Å². The van der Waals surface area contributed by atoms with Gasteiger partial charge in [0.2, 0.25) is 11.8 Å². The van der Waals surface area contributed by atoms with Gasteiger partial charge in [-0.2, -0.15) is 0 Å². The molecule has 0 fully saturated rings. The van der Waals surface area contributed by atoms with E-state index in [2.05, 4.69) is 20.9 Å². The van der Waals surface area contributed by atoms with Crippen LogP contribution in [-0.2, 0) is 0 Å². The minimum absolute atomic E-state index is 0.294. The summed E-state index contributed by atoms with van der Waals surface area (Å²) in [5.41, 5.74) is 5.54. The Morgan fingerprint density at radius 1 is 1.32 bits per heavy atom. The highest BCUT2D eigenvalue weighted by Crippen LogP contribution is 2.32. The predicted octanol–water partition coefficient (Wildman–Crippen LogP) is 2.74. The highest BCUT2D eigenvalue weighted by molar-refractivity contribution is 9.10. The number of primary amides is 1. The van der Waals surface area contributed by atoms with Crippen molar-refractivity contribution < 1.29 is 14.3 Å². The van der Waals surface area contributed by atoms with Gasteiger partial charge in [0.25, 0.3) is 0 Å². The maximum atomic E-state index is 11.1. The molecule has 6 heteroatoms. The lowest BCUT2D eigenvalue weighted by atomic mass is 10.2. The number of rotatable bonds is 4. The van der Waals surface area contributed by atoms with Gasteiger partial charge in [-0.3, -0.25) is 4.79 Å². The predicted molar refractivity (Wildman–Crippen MR) is 73.5 cm³/mol. The lowest BCUT2D eigenvalue weighted by Gasteiger charge is -2.08. The molecule has 0 saturated carbocycles. The zero-order valence-electron chi connectivity index (χ0n) is 10.1. The number of aromatic nitrogens is 1. The van der Waals surface area contributed by atoms with Gasteiger partial charge in [-0.05, 0) is 40.2 Å². The second-order valence-electron chi connectivity index (χ2n) is 3.65. The fourth-order valence-corrected chi connectivity index (χ4v) is 1.86. The third-order valence-electron chi connectivity index (χ3n) is 2.37. The van der Waals surface area contributed by atoms with Gasteiger partial charge in [-0.1, -0.05) is 0 Å². The number of hydrogen-bond donors (Lipinski definition) is 1. The zero-order valence-corrected chi connectivity index (χ0v) is 11.7. The zero-order chi connectivity index (χ0) is 13.8. The summed E-state index contributed by atoms with van der Waals surface area (Å²) in [6, 6.07) is 8.28. The monoisotopic (exact) mass is 322 g/mol. The van der Waals surface area contributed by atoms with Gasteiger partial charge in [0.1, 0.15) is 11.5 Å². The molecule has 0 spiro atoms. The Morgan fingerprint density at radius 2 is 2.11 bits per heavy atom. The van der Waals surface area contributed by atoms with E-state index in [-0.39, 0.29) is 0 Å². The van der Waals surface area contributed by atoms with Gasteiger partial charge in [0, 0.05) is 17.8 Å². The molecule has 1 heterocycles. The molecule has 2 N–H and O–H groups in total. The van der Waals surface area contributed by atoms with Crippen LogP contribution in [0.1, 0.15) is 10.4 Å². The van der Waals surface area contributed by atoms with E-state index in [9.17, 15) is 4.79 Å². The summed E-state index contributed by atoms with van der Waals surface area (Å²) < 4.78 is 11.4. The molecule has 0 atom stereocenters. The first-order valence-corrected chi connectivity index (χ1v) is 6.16. The molecule has 19 heavy (non-hydrogen) atoms. The number of benzene rings is 1. The van der Waals surface area contributed by atoms with Crippen LogP contribution in [0.15, 0.2) is 41.0 Å². The Kier molecular flexibility index (Phi) is 4.01. The second kappa shape index (κ2) is 5.71. The van der Waals surface area contributed by atoms with Gasteiger partial charge < -0.3 is 15.2 Å². The van der Waals surface area contributed by atoms with Crippen molar-refractivity contribution in [3.05, 3.63) is 46.6 Å². The molecular formula is C13H11BrN2O3. The van der Waals surface area contributed by atoms with Crippen LogP contribution in [0.25, 0.3) is 0 Å². The SMILES string of the molecule is COc1ccc(Oc2cc(C(N)=O)ccn2)c(Br)c1. The van der Waals surface area contributed by atoms with Gasteiger partial charge in [0.05, 0.1) is 11.6 Å². The standard InChI is InChI=1S/C13H11BrN2O3/c1-18-9-2-3-11(10(14)7-9)19-12-6-8(13(15)17)4-5-16-12/h2-7H,1H3,(H2,15,17). The summed E-state index contributed by atoms with van der Waals surface area (Å²) in [6.45, 7) is 0. The van der Waals surface area contributed by atoms with Crippen molar-refractivity contribution in [2.45, 2.75) is 0 Å². The molecule has 98 valence electrons. The van der Waals surface area contributed by atoms with Crippen LogP contribution in [0.3, 0.4) is 0 Å². The van der Waals surface area contributed by atoms with E-state index in [1.165, 1.54) is 18.3 Å². The van der Waals surface area contributed by atoms with Crippen molar-refractivity contribution in [2.75, 3.05) is 7.11 Å². The number of methoxy groups -OCH3 is 1. The average molecular weight is 323 g/mol. The minimum atomic E-state index is -0.527. The van der Waals surface area contributed by atoms with Crippen LogP contribution in [0.4, 0.5) is 0 Å². The quantitative estimate of drug-likeness (QED) is 0.939. The number of nitrogens with zero attached hydrogens (tertiary/aromatic N) is 1. The fraction of sp³-hybridized carbons (Fsp3) is 0.0769. The number of ether oxygens (including phenoxy) is 2. The first-order chi connectivity index (χ1) is 9.10. The molecule has 0 aliphatic carbocycles. The third kappa shape index (κ3) is 3.23. The molecular weight excluding hydrogens is 312 g/mol. The van der Waals surface area contributed by atoms with E-state index in [1.807, 2.05) is 0 Å². The summed E-state index contributed by atoms with van der Waals surface area (Å²) in [5.74, 6) is 1.04. The number of pyridine rings is 1. The van der Waals surface area contributed by atoms with E-state index in [4.69, 9.17) is 15.2 Å². The molecule has 1 amide bonds. The van der Waals surface area contributed by atoms with Gasteiger partial charge in [-0.25, -0.2) is 4.98 Å². The normalized spacial score (nSPS) is 10.0. The number of carbonyl (C=O) groups is 1. The van der Waals surface area contributed by atoms with Crippen molar-refractivity contribution in [3.63, 3.8) is 0 Å². The number of hydrogen-bond acceptors (Lipinski definition) is 4.